The van der Waals surface area contributed by atoms with Crippen LogP contribution in [0.25, 0.3) is 6.08 Å². The summed E-state index contributed by atoms with van der Waals surface area (Å²) in [5.74, 6) is -0.910. The molecule has 1 aliphatic rings. The molecule has 0 bridgehead atoms. The van der Waals surface area contributed by atoms with Gasteiger partial charge in [0.1, 0.15) is 16.1 Å². The standard InChI is InChI=1S/C19H23NO4S2/c1-4-10-24-14-9-7-6-8-13(14)11-15-17(21)20(19(25)26-15)16(18(22)23)12(3)5-2/h6-9,11-12,16H,4-5,10H2,1-3H3,(H,22,23)/b15-11-. The molecule has 140 valence electrons. The fourth-order valence-corrected chi connectivity index (χ4v) is 3.96. The van der Waals surface area contributed by atoms with Crippen molar-refractivity contribution < 1.29 is 19.4 Å². The minimum atomic E-state index is -1.04. The lowest BCUT2D eigenvalue weighted by molar-refractivity contribution is -0.147. The summed E-state index contributed by atoms with van der Waals surface area (Å²) in [4.78, 5) is 26.2. The highest BCUT2D eigenvalue weighted by atomic mass is 32.2. The lowest BCUT2D eigenvalue weighted by Gasteiger charge is -2.27. The van der Waals surface area contributed by atoms with E-state index in [-0.39, 0.29) is 16.1 Å². The number of aliphatic carboxylic acids is 1. The zero-order valence-corrected chi connectivity index (χ0v) is 16.7. The Morgan fingerprint density at radius 2 is 2.08 bits per heavy atom. The quantitative estimate of drug-likeness (QED) is 0.528. The van der Waals surface area contributed by atoms with Gasteiger partial charge < -0.3 is 9.84 Å². The number of carbonyl (C=O) groups is 2. The average Bonchev–Trinajstić information content (AvgIpc) is 2.88. The number of thioether (sulfide) groups is 1. The van der Waals surface area contributed by atoms with E-state index in [0.29, 0.717) is 23.7 Å². The summed E-state index contributed by atoms with van der Waals surface area (Å²) in [5, 5.41) is 9.59. The Kier molecular flexibility index (Phi) is 7.23. The Morgan fingerprint density at radius 3 is 2.69 bits per heavy atom. The van der Waals surface area contributed by atoms with Crippen molar-refractivity contribution in [1.29, 1.82) is 0 Å². The zero-order valence-electron chi connectivity index (χ0n) is 15.1. The Morgan fingerprint density at radius 1 is 1.38 bits per heavy atom. The predicted molar refractivity (Wildman–Crippen MR) is 108 cm³/mol. The first-order chi connectivity index (χ1) is 12.4. The molecule has 1 N–H and O–H groups in total. The number of para-hydroxylation sites is 1. The molecule has 1 aliphatic heterocycles. The molecule has 0 aromatic heterocycles. The van der Waals surface area contributed by atoms with E-state index in [2.05, 4.69) is 0 Å². The number of nitrogens with zero attached hydrogens (tertiary/aromatic N) is 1. The maximum atomic E-state index is 12.9. The molecule has 2 rings (SSSR count). The van der Waals surface area contributed by atoms with Gasteiger partial charge in [-0.25, -0.2) is 4.79 Å². The van der Waals surface area contributed by atoms with Gasteiger partial charge in [-0.1, -0.05) is 69.4 Å². The Hall–Kier alpha value is -1.86. The summed E-state index contributed by atoms with van der Waals surface area (Å²) >= 11 is 6.44. The SMILES string of the molecule is CCCOc1ccccc1/C=C1\SC(=S)N(C(C(=O)O)C(C)CC)C1=O. The molecule has 1 fully saturated rings. The normalized spacial score (nSPS) is 18.3. The molecule has 1 aromatic rings. The number of hydrogen-bond acceptors (Lipinski definition) is 5. The largest absolute Gasteiger partial charge is 0.493 e. The van der Waals surface area contributed by atoms with Gasteiger partial charge in [-0.05, 0) is 24.5 Å². The van der Waals surface area contributed by atoms with E-state index < -0.39 is 12.0 Å². The van der Waals surface area contributed by atoms with Crippen LogP contribution in [0, 0.1) is 5.92 Å². The number of amides is 1. The van der Waals surface area contributed by atoms with Crippen LogP contribution in [0.2, 0.25) is 0 Å². The molecule has 1 aromatic carbocycles. The van der Waals surface area contributed by atoms with Gasteiger partial charge in [0.05, 0.1) is 11.5 Å². The Bertz CT molecular complexity index is 732. The summed E-state index contributed by atoms with van der Waals surface area (Å²) in [7, 11) is 0. The first-order valence-corrected chi connectivity index (χ1v) is 9.84. The summed E-state index contributed by atoms with van der Waals surface area (Å²) < 4.78 is 6.00. The molecule has 5 nitrogen and oxygen atoms in total. The van der Waals surface area contributed by atoms with Crippen molar-refractivity contribution in [2.75, 3.05) is 6.61 Å². The topological polar surface area (TPSA) is 66.8 Å². The van der Waals surface area contributed by atoms with Crippen LogP contribution in [-0.4, -0.2) is 38.9 Å². The minimum Gasteiger partial charge on any atom is -0.493 e. The van der Waals surface area contributed by atoms with Crippen molar-refractivity contribution in [3.8, 4) is 5.75 Å². The third-order valence-electron chi connectivity index (χ3n) is 4.20. The number of carboxylic acid groups (broad SMARTS) is 1. The highest BCUT2D eigenvalue weighted by Gasteiger charge is 2.42. The van der Waals surface area contributed by atoms with Gasteiger partial charge >= 0.3 is 5.97 Å². The molecule has 1 amide bonds. The van der Waals surface area contributed by atoms with Gasteiger partial charge in [0.2, 0.25) is 0 Å². The van der Waals surface area contributed by atoms with Gasteiger partial charge in [0, 0.05) is 5.56 Å². The molecular weight excluding hydrogens is 370 g/mol. The van der Waals surface area contributed by atoms with Gasteiger partial charge in [0.15, 0.2) is 0 Å². The van der Waals surface area contributed by atoms with E-state index >= 15 is 0 Å². The van der Waals surface area contributed by atoms with Crippen LogP contribution >= 0.6 is 24.0 Å². The van der Waals surface area contributed by atoms with Crippen LogP contribution in [0.3, 0.4) is 0 Å². The molecule has 1 saturated heterocycles. The van der Waals surface area contributed by atoms with Crippen LogP contribution in [-0.2, 0) is 9.59 Å². The van der Waals surface area contributed by atoms with Crippen LogP contribution in [0.5, 0.6) is 5.75 Å². The lowest BCUT2D eigenvalue weighted by atomic mass is 9.98. The number of rotatable bonds is 8. The van der Waals surface area contributed by atoms with Crippen molar-refractivity contribution >= 4 is 46.3 Å². The molecule has 0 aliphatic carbocycles. The van der Waals surface area contributed by atoms with Gasteiger partial charge in [-0.15, -0.1) is 0 Å². The van der Waals surface area contributed by atoms with Crippen LogP contribution < -0.4 is 4.74 Å². The number of carbonyl (C=O) groups excluding carboxylic acids is 1. The van der Waals surface area contributed by atoms with Crippen LogP contribution in [0.4, 0.5) is 0 Å². The van der Waals surface area contributed by atoms with Crippen molar-refractivity contribution in [3.63, 3.8) is 0 Å². The van der Waals surface area contributed by atoms with Crippen molar-refractivity contribution in [2.24, 2.45) is 5.92 Å². The fourth-order valence-electron chi connectivity index (χ4n) is 2.64. The van der Waals surface area contributed by atoms with Gasteiger partial charge in [-0.3, -0.25) is 9.69 Å². The summed E-state index contributed by atoms with van der Waals surface area (Å²) in [6.07, 6.45) is 3.24. The second-order valence-corrected chi connectivity index (χ2v) is 7.78. The van der Waals surface area contributed by atoms with Gasteiger partial charge in [-0.2, -0.15) is 0 Å². The van der Waals surface area contributed by atoms with Crippen molar-refractivity contribution in [2.45, 2.75) is 39.7 Å². The second kappa shape index (κ2) is 9.19. The van der Waals surface area contributed by atoms with E-state index in [1.807, 2.05) is 45.0 Å². The smallest absolute Gasteiger partial charge is 0.327 e. The van der Waals surface area contributed by atoms with E-state index in [0.717, 1.165) is 23.7 Å². The third kappa shape index (κ3) is 4.45. The number of ether oxygens (including phenoxy) is 1. The molecule has 7 heteroatoms. The molecular formula is C19H23NO4S2. The second-order valence-electron chi connectivity index (χ2n) is 6.11. The first kappa shape index (κ1) is 20.5. The summed E-state index contributed by atoms with van der Waals surface area (Å²) in [6.45, 7) is 6.32. The highest BCUT2D eigenvalue weighted by Crippen LogP contribution is 2.37. The molecule has 2 atom stereocenters. The third-order valence-corrected chi connectivity index (χ3v) is 5.54. The number of thiocarbonyl (C=S) groups is 1. The van der Waals surface area contributed by atoms with Crippen LogP contribution in [0.15, 0.2) is 29.2 Å². The Labute approximate surface area is 163 Å². The minimum absolute atomic E-state index is 0.200. The molecule has 26 heavy (non-hydrogen) atoms. The number of benzene rings is 1. The molecule has 0 radical (unpaired) electrons. The van der Waals surface area contributed by atoms with Crippen molar-refractivity contribution in [1.82, 2.24) is 4.90 Å². The maximum absolute atomic E-state index is 12.9. The average molecular weight is 394 g/mol. The zero-order chi connectivity index (χ0) is 19.3. The predicted octanol–water partition coefficient (Wildman–Crippen LogP) is 4.18. The van der Waals surface area contributed by atoms with Crippen molar-refractivity contribution in [3.05, 3.63) is 34.7 Å². The van der Waals surface area contributed by atoms with Gasteiger partial charge in [0.25, 0.3) is 5.91 Å². The first-order valence-electron chi connectivity index (χ1n) is 8.62. The monoisotopic (exact) mass is 393 g/mol. The maximum Gasteiger partial charge on any atom is 0.327 e. The molecule has 0 saturated carbocycles. The summed E-state index contributed by atoms with van der Waals surface area (Å²) in [5.41, 5.74) is 0.775. The number of carboxylic acids is 1. The van der Waals surface area contributed by atoms with E-state index in [1.165, 1.54) is 4.90 Å². The molecule has 2 unspecified atom stereocenters. The van der Waals surface area contributed by atoms with E-state index in [4.69, 9.17) is 17.0 Å². The van der Waals surface area contributed by atoms with E-state index in [9.17, 15) is 14.7 Å². The molecule has 0 spiro atoms. The highest BCUT2D eigenvalue weighted by molar-refractivity contribution is 8.26. The lowest BCUT2D eigenvalue weighted by Crippen LogP contribution is -2.47. The molecule has 1 heterocycles. The van der Waals surface area contributed by atoms with E-state index in [1.54, 1.807) is 6.08 Å². The Balaban J connectivity index is 2.34. The summed E-state index contributed by atoms with van der Waals surface area (Å²) in [6, 6.07) is 6.49. The van der Waals surface area contributed by atoms with Crippen LogP contribution in [0.1, 0.15) is 39.2 Å². The number of hydrogen-bond donors (Lipinski definition) is 1. The fraction of sp³-hybridized carbons (Fsp3) is 0.421.